The lowest BCUT2D eigenvalue weighted by Crippen LogP contribution is -2.51. The molecule has 0 radical (unpaired) electrons. The van der Waals surface area contributed by atoms with E-state index in [0.717, 1.165) is 14.3 Å². The molecule has 1 fully saturated rings. The van der Waals surface area contributed by atoms with Crippen molar-refractivity contribution in [3.05, 3.63) is 58.2 Å². The minimum Gasteiger partial charge on any atom is -0.342 e. The molecule has 3 rings (SSSR count). The highest BCUT2D eigenvalue weighted by Gasteiger charge is 2.30. The van der Waals surface area contributed by atoms with E-state index in [2.05, 4.69) is 22.6 Å². The van der Waals surface area contributed by atoms with E-state index in [9.17, 15) is 18.0 Å². The van der Waals surface area contributed by atoms with Crippen molar-refractivity contribution in [2.24, 2.45) is 0 Å². The number of sulfonamides is 1. The van der Waals surface area contributed by atoms with Crippen LogP contribution in [0.25, 0.3) is 0 Å². The van der Waals surface area contributed by atoms with Crippen LogP contribution in [0.3, 0.4) is 0 Å². The largest absolute Gasteiger partial charge is 0.342 e. The van der Waals surface area contributed by atoms with Gasteiger partial charge in [-0.3, -0.25) is 13.9 Å². The second-order valence-corrected chi connectivity index (χ2v) is 9.43. The van der Waals surface area contributed by atoms with E-state index in [4.69, 9.17) is 0 Å². The summed E-state index contributed by atoms with van der Waals surface area (Å²) in [7, 11) is -3.90. The van der Waals surface area contributed by atoms with Crippen molar-refractivity contribution in [1.82, 2.24) is 9.80 Å². The molecule has 0 bridgehead atoms. The maximum Gasteiger partial charge on any atom is 0.264 e. The lowest BCUT2D eigenvalue weighted by Gasteiger charge is -2.34. The Labute approximate surface area is 178 Å². The number of nitrogens with zero attached hydrogens (tertiary/aromatic N) is 3. The van der Waals surface area contributed by atoms with E-state index in [1.54, 1.807) is 52.3 Å². The molecule has 1 saturated heterocycles. The van der Waals surface area contributed by atoms with Gasteiger partial charge in [-0.15, -0.1) is 0 Å². The van der Waals surface area contributed by atoms with Crippen LogP contribution in [-0.4, -0.2) is 63.3 Å². The van der Waals surface area contributed by atoms with Gasteiger partial charge in [-0.25, -0.2) is 8.42 Å². The Morgan fingerprint density at radius 2 is 1.61 bits per heavy atom. The molecule has 0 unspecified atom stereocenters. The molecule has 28 heavy (non-hydrogen) atoms. The zero-order valence-corrected chi connectivity index (χ0v) is 18.0. The van der Waals surface area contributed by atoms with Crippen molar-refractivity contribution in [2.75, 3.05) is 37.0 Å². The van der Waals surface area contributed by atoms with Crippen molar-refractivity contribution >= 4 is 50.6 Å². The maximum absolute atomic E-state index is 13.2. The lowest BCUT2D eigenvalue weighted by molar-refractivity contribution is -0.133. The fourth-order valence-corrected chi connectivity index (χ4v) is 4.74. The molecule has 1 aliphatic heterocycles. The van der Waals surface area contributed by atoms with E-state index < -0.39 is 10.0 Å². The van der Waals surface area contributed by atoms with E-state index in [-0.39, 0.29) is 17.3 Å². The second kappa shape index (κ2) is 8.91. The van der Waals surface area contributed by atoms with Gasteiger partial charge in [0.2, 0.25) is 12.3 Å². The van der Waals surface area contributed by atoms with Crippen LogP contribution in [0.5, 0.6) is 0 Å². The van der Waals surface area contributed by atoms with E-state index >= 15 is 0 Å². The normalized spacial score (nSPS) is 14.6. The highest BCUT2D eigenvalue weighted by Crippen LogP contribution is 2.24. The fraction of sp³-hybridized carbons (Fsp3) is 0.263. The molecular weight excluding hydrogens is 493 g/mol. The summed E-state index contributed by atoms with van der Waals surface area (Å²) in [6.45, 7) is 1.39. The third-order valence-electron chi connectivity index (χ3n) is 4.54. The third-order valence-corrected chi connectivity index (χ3v) is 7.05. The van der Waals surface area contributed by atoms with Gasteiger partial charge in [0.25, 0.3) is 10.0 Å². The van der Waals surface area contributed by atoms with Crippen LogP contribution >= 0.6 is 22.6 Å². The summed E-state index contributed by atoms with van der Waals surface area (Å²) in [5, 5.41) is 0. The van der Waals surface area contributed by atoms with Gasteiger partial charge in [0.15, 0.2) is 0 Å². The van der Waals surface area contributed by atoms with Gasteiger partial charge in [0.05, 0.1) is 10.6 Å². The topological polar surface area (TPSA) is 78.0 Å². The molecule has 2 aromatic carbocycles. The SMILES string of the molecule is O=CN1CCN(C(=O)CN(c2ccc(I)cc2)S(=O)(=O)c2ccccc2)CC1. The second-order valence-electron chi connectivity index (χ2n) is 6.32. The number of amides is 2. The summed E-state index contributed by atoms with van der Waals surface area (Å²) >= 11 is 2.14. The average Bonchev–Trinajstić information content (AvgIpc) is 2.73. The molecule has 0 N–H and O–H groups in total. The molecule has 0 atom stereocenters. The molecule has 2 amide bonds. The van der Waals surface area contributed by atoms with Gasteiger partial charge < -0.3 is 9.80 Å². The summed E-state index contributed by atoms with van der Waals surface area (Å²) in [6, 6.07) is 15.1. The number of carbonyl (C=O) groups excluding carboxylic acids is 2. The first-order chi connectivity index (χ1) is 13.4. The molecule has 0 aromatic heterocycles. The van der Waals surface area contributed by atoms with Crippen LogP contribution < -0.4 is 4.31 Å². The molecule has 0 aliphatic carbocycles. The molecule has 9 heteroatoms. The fourth-order valence-electron chi connectivity index (χ4n) is 2.94. The first-order valence-electron chi connectivity index (χ1n) is 8.72. The van der Waals surface area contributed by atoms with Crippen LogP contribution in [0, 0.1) is 3.57 Å². The predicted molar refractivity (Wildman–Crippen MR) is 114 cm³/mol. The maximum atomic E-state index is 13.2. The van der Waals surface area contributed by atoms with E-state index in [1.807, 2.05) is 0 Å². The number of rotatable bonds is 6. The summed E-state index contributed by atoms with van der Waals surface area (Å²) in [6.07, 6.45) is 0.763. The molecule has 2 aromatic rings. The van der Waals surface area contributed by atoms with Gasteiger partial charge in [0.1, 0.15) is 6.54 Å². The average molecular weight is 513 g/mol. The van der Waals surface area contributed by atoms with Crippen molar-refractivity contribution in [3.63, 3.8) is 0 Å². The van der Waals surface area contributed by atoms with Crippen molar-refractivity contribution in [2.45, 2.75) is 4.90 Å². The van der Waals surface area contributed by atoms with Crippen molar-refractivity contribution in [1.29, 1.82) is 0 Å². The highest BCUT2D eigenvalue weighted by molar-refractivity contribution is 14.1. The first-order valence-corrected chi connectivity index (χ1v) is 11.2. The molecule has 1 heterocycles. The van der Waals surface area contributed by atoms with Crippen molar-refractivity contribution in [3.8, 4) is 0 Å². The number of piperazine rings is 1. The molecule has 0 saturated carbocycles. The zero-order valence-electron chi connectivity index (χ0n) is 15.1. The summed E-state index contributed by atoms with van der Waals surface area (Å²) in [5.41, 5.74) is 0.434. The standard InChI is InChI=1S/C19H20IN3O4S/c20-16-6-8-17(9-7-16)23(28(26,27)18-4-2-1-3-5-18)14-19(25)22-12-10-21(15-24)11-13-22/h1-9,15H,10-14H2. The third kappa shape index (κ3) is 4.64. The van der Waals surface area contributed by atoms with Gasteiger partial charge in [-0.05, 0) is 59.0 Å². The Morgan fingerprint density at radius 1 is 1.00 bits per heavy atom. The number of hydrogen-bond donors (Lipinski definition) is 0. The number of anilines is 1. The quantitative estimate of drug-likeness (QED) is 0.436. The van der Waals surface area contributed by atoms with Crippen LogP contribution in [0.2, 0.25) is 0 Å². The van der Waals surface area contributed by atoms with Crippen LogP contribution in [0.1, 0.15) is 0 Å². The monoisotopic (exact) mass is 513 g/mol. The first kappa shape index (κ1) is 20.6. The van der Waals surface area contributed by atoms with E-state index in [0.29, 0.717) is 31.9 Å². The molecule has 7 nitrogen and oxygen atoms in total. The number of carbonyl (C=O) groups is 2. The number of halogens is 1. The van der Waals surface area contributed by atoms with Crippen LogP contribution in [-0.2, 0) is 19.6 Å². The predicted octanol–water partition coefficient (Wildman–Crippen LogP) is 1.79. The minimum atomic E-state index is -3.90. The van der Waals surface area contributed by atoms with Gasteiger partial charge in [-0.1, -0.05) is 18.2 Å². The Balaban J connectivity index is 1.88. The number of hydrogen-bond acceptors (Lipinski definition) is 4. The minimum absolute atomic E-state index is 0.132. The van der Waals surface area contributed by atoms with E-state index in [1.165, 1.54) is 12.1 Å². The van der Waals surface area contributed by atoms with Gasteiger partial charge in [0, 0.05) is 29.7 Å². The summed E-state index contributed by atoms with van der Waals surface area (Å²) in [4.78, 5) is 27.0. The van der Waals surface area contributed by atoms with Crippen LogP contribution in [0.4, 0.5) is 5.69 Å². The van der Waals surface area contributed by atoms with Gasteiger partial charge >= 0.3 is 0 Å². The summed E-state index contributed by atoms with van der Waals surface area (Å²) < 4.78 is 28.6. The summed E-state index contributed by atoms with van der Waals surface area (Å²) in [5.74, 6) is -0.288. The Morgan fingerprint density at radius 3 is 2.18 bits per heavy atom. The zero-order chi connectivity index (χ0) is 20.1. The highest BCUT2D eigenvalue weighted by atomic mass is 127. The molecule has 0 spiro atoms. The molecular formula is C19H20IN3O4S. The number of benzene rings is 2. The Kier molecular flexibility index (Phi) is 6.55. The van der Waals surface area contributed by atoms with Gasteiger partial charge in [-0.2, -0.15) is 0 Å². The van der Waals surface area contributed by atoms with Crippen LogP contribution in [0.15, 0.2) is 59.5 Å². The van der Waals surface area contributed by atoms with Crippen molar-refractivity contribution < 1.29 is 18.0 Å². The Bertz CT molecular complexity index is 927. The lowest BCUT2D eigenvalue weighted by atomic mass is 10.3. The Hall–Kier alpha value is -2.14. The smallest absolute Gasteiger partial charge is 0.264 e. The molecule has 148 valence electrons. The molecule has 1 aliphatic rings.